The van der Waals surface area contributed by atoms with Crippen molar-refractivity contribution in [3.8, 4) is 0 Å². The Morgan fingerprint density at radius 3 is 2.23 bits per heavy atom. The van der Waals surface area contributed by atoms with Crippen LogP contribution in [-0.4, -0.2) is 25.0 Å². The zero-order valence-corrected chi connectivity index (χ0v) is 9.35. The Labute approximate surface area is 81.3 Å². The molecular weight excluding hydrogens is 164 g/mol. The van der Waals surface area contributed by atoms with Crippen molar-refractivity contribution in [2.75, 3.05) is 7.05 Å². The van der Waals surface area contributed by atoms with Crippen LogP contribution in [0.2, 0.25) is 0 Å². The number of nitrogens with one attached hydrogen (secondary N) is 2. The lowest BCUT2D eigenvalue weighted by atomic mass is 10.0. The van der Waals surface area contributed by atoms with E-state index >= 15 is 0 Å². The van der Waals surface area contributed by atoms with Crippen molar-refractivity contribution in [1.82, 2.24) is 10.6 Å². The molecule has 78 valence electrons. The fraction of sp³-hybridized carbons (Fsp3) is 0.900. The lowest BCUT2D eigenvalue weighted by molar-refractivity contribution is -0.122. The SMILES string of the molecule is CCC(C)C(C)NC(C)C(=O)NC. The summed E-state index contributed by atoms with van der Waals surface area (Å²) in [5.41, 5.74) is 0. The molecule has 0 saturated carbocycles. The summed E-state index contributed by atoms with van der Waals surface area (Å²) in [6.45, 7) is 8.35. The summed E-state index contributed by atoms with van der Waals surface area (Å²) in [4.78, 5) is 11.2. The number of carbonyl (C=O) groups is 1. The van der Waals surface area contributed by atoms with Crippen LogP contribution in [0.5, 0.6) is 0 Å². The van der Waals surface area contributed by atoms with Gasteiger partial charge in [-0.2, -0.15) is 0 Å². The topological polar surface area (TPSA) is 41.1 Å². The van der Waals surface area contributed by atoms with Crippen molar-refractivity contribution in [1.29, 1.82) is 0 Å². The molecule has 0 aliphatic heterocycles. The molecular formula is C10H22N2O. The summed E-state index contributed by atoms with van der Waals surface area (Å²) >= 11 is 0. The van der Waals surface area contributed by atoms with Gasteiger partial charge in [0.25, 0.3) is 0 Å². The van der Waals surface area contributed by atoms with Crippen molar-refractivity contribution in [2.24, 2.45) is 5.92 Å². The summed E-state index contributed by atoms with van der Waals surface area (Å²) < 4.78 is 0. The van der Waals surface area contributed by atoms with Gasteiger partial charge in [0.05, 0.1) is 6.04 Å². The van der Waals surface area contributed by atoms with Gasteiger partial charge in [-0.25, -0.2) is 0 Å². The first kappa shape index (κ1) is 12.4. The lowest BCUT2D eigenvalue weighted by Crippen LogP contribution is -2.46. The van der Waals surface area contributed by atoms with Gasteiger partial charge < -0.3 is 10.6 Å². The van der Waals surface area contributed by atoms with Crippen LogP contribution in [0.15, 0.2) is 0 Å². The standard InChI is InChI=1S/C10H22N2O/c1-6-7(2)8(3)12-9(4)10(13)11-5/h7-9,12H,6H2,1-5H3,(H,11,13). The Morgan fingerprint density at radius 1 is 1.31 bits per heavy atom. The largest absolute Gasteiger partial charge is 0.358 e. The molecule has 0 rings (SSSR count). The quantitative estimate of drug-likeness (QED) is 0.676. The van der Waals surface area contributed by atoms with Crippen molar-refractivity contribution >= 4 is 5.91 Å². The van der Waals surface area contributed by atoms with E-state index in [2.05, 4.69) is 31.4 Å². The summed E-state index contributed by atoms with van der Waals surface area (Å²) in [7, 11) is 1.66. The number of amides is 1. The lowest BCUT2D eigenvalue weighted by Gasteiger charge is -2.23. The van der Waals surface area contributed by atoms with Crippen LogP contribution in [0, 0.1) is 5.92 Å². The van der Waals surface area contributed by atoms with Crippen molar-refractivity contribution in [3.63, 3.8) is 0 Å². The molecule has 0 radical (unpaired) electrons. The Morgan fingerprint density at radius 2 is 1.85 bits per heavy atom. The molecule has 0 spiro atoms. The molecule has 3 atom stereocenters. The predicted molar refractivity (Wildman–Crippen MR) is 55.6 cm³/mol. The zero-order chi connectivity index (χ0) is 10.4. The van der Waals surface area contributed by atoms with Crippen molar-refractivity contribution in [3.05, 3.63) is 0 Å². The third-order valence-corrected chi connectivity index (χ3v) is 2.65. The molecule has 0 aliphatic rings. The van der Waals surface area contributed by atoms with E-state index in [-0.39, 0.29) is 11.9 Å². The van der Waals surface area contributed by atoms with Gasteiger partial charge in [0.15, 0.2) is 0 Å². The first-order chi connectivity index (χ1) is 6.02. The minimum Gasteiger partial charge on any atom is -0.358 e. The van der Waals surface area contributed by atoms with E-state index in [9.17, 15) is 4.79 Å². The van der Waals surface area contributed by atoms with E-state index in [1.165, 1.54) is 0 Å². The minimum atomic E-state index is -0.103. The van der Waals surface area contributed by atoms with E-state index in [1.807, 2.05) is 6.92 Å². The third kappa shape index (κ3) is 4.27. The summed E-state index contributed by atoms with van der Waals surface area (Å²) in [6.07, 6.45) is 1.13. The van der Waals surface area contributed by atoms with E-state index in [1.54, 1.807) is 7.05 Å². The van der Waals surface area contributed by atoms with E-state index < -0.39 is 0 Å². The number of hydrogen-bond acceptors (Lipinski definition) is 2. The molecule has 0 fully saturated rings. The van der Waals surface area contributed by atoms with Crippen LogP contribution in [-0.2, 0) is 4.79 Å². The monoisotopic (exact) mass is 186 g/mol. The van der Waals surface area contributed by atoms with E-state index in [0.29, 0.717) is 12.0 Å². The van der Waals surface area contributed by atoms with Crippen LogP contribution in [0.1, 0.15) is 34.1 Å². The van der Waals surface area contributed by atoms with Crippen LogP contribution in [0.25, 0.3) is 0 Å². The number of hydrogen-bond donors (Lipinski definition) is 2. The Balaban J connectivity index is 3.90. The molecule has 0 aromatic carbocycles. The number of carbonyl (C=O) groups excluding carboxylic acids is 1. The second-order valence-electron chi connectivity index (χ2n) is 3.68. The highest BCUT2D eigenvalue weighted by Gasteiger charge is 2.16. The second-order valence-corrected chi connectivity index (χ2v) is 3.68. The molecule has 0 aromatic rings. The van der Waals surface area contributed by atoms with Crippen molar-refractivity contribution < 1.29 is 4.79 Å². The molecule has 3 heteroatoms. The molecule has 0 saturated heterocycles. The summed E-state index contributed by atoms with van der Waals surface area (Å²) in [5.74, 6) is 0.655. The second kappa shape index (κ2) is 5.97. The smallest absolute Gasteiger partial charge is 0.236 e. The van der Waals surface area contributed by atoms with Gasteiger partial charge in [0, 0.05) is 13.1 Å². The maximum absolute atomic E-state index is 11.2. The van der Waals surface area contributed by atoms with Crippen LogP contribution >= 0.6 is 0 Å². The fourth-order valence-electron chi connectivity index (χ4n) is 1.20. The van der Waals surface area contributed by atoms with E-state index in [4.69, 9.17) is 0 Å². The van der Waals surface area contributed by atoms with Crippen LogP contribution in [0.3, 0.4) is 0 Å². The molecule has 3 unspecified atom stereocenters. The molecule has 0 aliphatic carbocycles. The molecule has 1 amide bonds. The zero-order valence-electron chi connectivity index (χ0n) is 9.35. The van der Waals surface area contributed by atoms with E-state index in [0.717, 1.165) is 6.42 Å². The number of likely N-dealkylation sites (N-methyl/N-ethyl adjacent to an activating group) is 1. The highest BCUT2D eigenvalue weighted by molar-refractivity contribution is 5.80. The summed E-state index contributed by atoms with van der Waals surface area (Å²) in [5, 5.41) is 5.89. The average Bonchev–Trinajstić information content (AvgIpc) is 2.14. The first-order valence-corrected chi connectivity index (χ1v) is 5.00. The molecule has 2 N–H and O–H groups in total. The number of rotatable bonds is 5. The van der Waals surface area contributed by atoms with Gasteiger partial charge in [-0.1, -0.05) is 20.3 Å². The molecule has 13 heavy (non-hydrogen) atoms. The van der Waals surface area contributed by atoms with Gasteiger partial charge in [-0.05, 0) is 19.8 Å². The minimum absolute atomic E-state index is 0.0511. The Hall–Kier alpha value is -0.570. The molecule has 0 heterocycles. The predicted octanol–water partition coefficient (Wildman–Crippen LogP) is 1.15. The average molecular weight is 186 g/mol. The third-order valence-electron chi connectivity index (χ3n) is 2.65. The summed E-state index contributed by atoms with van der Waals surface area (Å²) in [6, 6.07) is 0.284. The Kier molecular flexibility index (Phi) is 5.71. The van der Waals surface area contributed by atoms with Gasteiger partial charge in [0.1, 0.15) is 0 Å². The Bertz CT molecular complexity index is 159. The fourth-order valence-corrected chi connectivity index (χ4v) is 1.20. The van der Waals surface area contributed by atoms with Gasteiger partial charge in [0.2, 0.25) is 5.91 Å². The van der Waals surface area contributed by atoms with Gasteiger partial charge >= 0.3 is 0 Å². The maximum Gasteiger partial charge on any atom is 0.236 e. The van der Waals surface area contributed by atoms with Crippen LogP contribution in [0.4, 0.5) is 0 Å². The maximum atomic E-state index is 11.2. The first-order valence-electron chi connectivity index (χ1n) is 5.00. The van der Waals surface area contributed by atoms with Gasteiger partial charge in [-0.15, -0.1) is 0 Å². The van der Waals surface area contributed by atoms with Crippen LogP contribution < -0.4 is 10.6 Å². The molecule has 0 bridgehead atoms. The van der Waals surface area contributed by atoms with Crippen molar-refractivity contribution in [2.45, 2.75) is 46.2 Å². The highest BCUT2D eigenvalue weighted by atomic mass is 16.2. The normalized spacial score (nSPS) is 17.6. The molecule has 3 nitrogen and oxygen atoms in total. The highest BCUT2D eigenvalue weighted by Crippen LogP contribution is 2.07. The van der Waals surface area contributed by atoms with Gasteiger partial charge in [-0.3, -0.25) is 4.79 Å². The molecule has 0 aromatic heterocycles.